The minimum Gasteiger partial charge on any atom is -0.508 e. The topological polar surface area (TPSA) is 118 Å². The number of rotatable bonds is 4. The average molecular weight is 314 g/mol. The van der Waals surface area contributed by atoms with Crippen molar-refractivity contribution < 1.29 is 30.3 Å². The van der Waals surface area contributed by atoms with E-state index in [9.17, 15) is 30.3 Å². The highest BCUT2D eigenvalue weighted by Crippen LogP contribution is 2.27. The second-order valence-corrected chi connectivity index (χ2v) is 4.71. The van der Waals surface area contributed by atoms with Gasteiger partial charge < -0.3 is 25.5 Å². The van der Waals surface area contributed by atoms with Crippen molar-refractivity contribution in [1.29, 1.82) is 0 Å². The van der Waals surface area contributed by atoms with E-state index in [1.807, 2.05) is 0 Å². The largest absolute Gasteiger partial charge is 0.508 e. The Morgan fingerprint density at radius 1 is 0.870 bits per heavy atom. The zero-order valence-electron chi connectivity index (χ0n) is 11.8. The predicted octanol–water partition coefficient (Wildman–Crippen LogP) is 2.69. The summed E-state index contributed by atoms with van der Waals surface area (Å²) in [5.41, 5.74) is 0.225. The van der Waals surface area contributed by atoms with E-state index < -0.39 is 11.5 Å². The maximum atomic E-state index is 11.8. The van der Waals surface area contributed by atoms with E-state index in [1.165, 1.54) is 36.4 Å². The van der Waals surface area contributed by atoms with Gasteiger partial charge in [0, 0.05) is 17.7 Å². The summed E-state index contributed by atoms with van der Waals surface area (Å²) in [6.45, 7) is 0. The van der Waals surface area contributed by atoms with E-state index in [0.717, 1.165) is 18.2 Å². The number of phenolic OH excluding ortho intramolecular Hbond substituents is 4. The molecule has 2 rings (SSSR count). The molecule has 2 aromatic carbocycles. The summed E-state index contributed by atoms with van der Waals surface area (Å²) in [7, 11) is 0. The number of ketones is 1. The zero-order chi connectivity index (χ0) is 17.0. The number of carbonyl (C=O) groups is 1. The summed E-state index contributed by atoms with van der Waals surface area (Å²) in [5, 5.41) is 47.5. The van der Waals surface area contributed by atoms with Gasteiger partial charge in [0.05, 0.1) is 5.56 Å². The quantitative estimate of drug-likeness (QED) is 0.336. The van der Waals surface area contributed by atoms with Gasteiger partial charge in [-0.15, -0.1) is 0 Å². The van der Waals surface area contributed by atoms with Gasteiger partial charge in [0.25, 0.3) is 0 Å². The average Bonchev–Trinajstić information content (AvgIpc) is 2.48. The highest BCUT2D eigenvalue weighted by molar-refractivity contribution is 6.05. The predicted molar refractivity (Wildman–Crippen MR) is 84.2 cm³/mol. The number of hydrogen-bond acceptors (Lipinski definition) is 6. The monoisotopic (exact) mass is 314 g/mol. The first-order valence-electron chi connectivity index (χ1n) is 6.54. The second kappa shape index (κ2) is 6.57. The Balaban J connectivity index is 2.20. The summed E-state index contributed by atoms with van der Waals surface area (Å²) >= 11 is 0. The third kappa shape index (κ3) is 4.04. The maximum absolute atomic E-state index is 11.8. The van der Waals surface area contributed by atoms with Crippen LogP contribution in [0.1, 0.15) is 11.1 Å². The molecule has 0 saturated carbocycles. The Bertz CT molecular complexity index is 805. The van der Waals surface area contributed by atoms with E-state index in [2.05, 4.69) is 0 Å². The normalized spacial score (nSPS) is 11.7. The molecule has 0 aliphatic carbocycles. The molecule has 0 bridgehead atoms. The van der Waals surface area contributed by atoms with Crippen LogP contribution in [0.4, 0.5) is 0 Å². The highest BCUT2D eigenvalue weighted by atomic mass is 16.3. The third-order valence-electron chi connectivity index (χ3n) is 2.97. The molecule has 0 unspecified atom stereocenters. The molecule has 0 aliphatic rings. The van der Waals surface area contributed by atoms with Crippen LogP contribution in [0.2, 0.25) is 0 Å². The van der Waals surface area contributed by atoms with E-state index in [-0.39, 0.29) is 34.1 Å². The fourth-order valence-electron chi connectivity index (χ4n) is 1.84. The molecule has 6 heteroatoms. The number of aliphatic hydroxyl groups is 1. The summed E-state index contributed by atoms with van der Waals surface area (Å²) in [6.07, 6.45) is 3.24. The van der Waals surface area contributed by atoms with Crippen LogP contribution in [0.5, 0.6) is 23.0 Å². The molecule has 2 aromatic rings. The first kappa shape index (κ1) is 16.0. The summed E-state index contributed by atoms with van der Waals surface area (Å²) in [5.74, 6) is -1.81. The molecule has 0 amide bonds. The van der Waals surface area contributed by atoms with Crippen molar-refractivity contribution in [2.45, 2.75) is 0 Å². The molecular formula is C17H14O6. The number of aliphatic hydroxyl groups excluding tert-OH is 1. The molecule has 118 valence electrons. The molecule has 0 radical (unpaired) electrons. The number of allylic oxidation sites excluding steroid dienone is 2. The van der Waals surface area contributed by atoms with Crippen molar-refractivity contribution in [3.05, 3.63) is 59.7 Å². The van der Waals surface area contributed by atoms with Crippen molar-refractivity contribution >= 4 is 17.6 Å². The molecule has 0 fully saturated rings. The van der Waals surface area contributed by atoms with Gasteiger partial charge >= 0.3 is 0 Å². The van der Waals surface area contributed by atoms with Gasteiger partial charge in [-0.3, -0.25) is 4.79 Å². The lowest BCUT2D eigenvalue weighted by molar-refractivity contribution is -0.110. The van der Waals surface area contributed by atoms with Gasteiger partial charge in [0.2, 0.25) is 0 Å². The van der Waals surface area contributed by atoms with Gasteiger partial charge in [0.15, 0.2) is 5.78 Å². The number of phenols is 4. The maximum Gasteiger partial charge on any atom is 0.182 e. The van der Waals surface area contributed by atoms with Crippen LogP contribution in [0.3, 0.4) is 0 Å². The van der Waals surface area contributed by atoms with Crippen molar-refractivity contribution in [2.75, 3.05) is 0 Å². The summed E-state index contributed by atoms with van der Waals surface area (Å²) in [4.78, 5) is 11.8. The van der Waals surface area contributed by atoms with Gasteiger partial charge in [-0.25, -0.2) is 0 Å². The van der Waals surface area contributed by atoms with Crippen LogP contribution in [0.25, 0.3) is 11.8 Å². The molecule has 0 aromatic heterocycles. The molecule has 0 saturated heterocycles. The Morgan fingerprint density at radius 2 is 1.52 bits per heavy atom. The number of aromatic hydroxyl groups is 4. The highest BCUT2D eigenvalue weighted by Gasteiger charge is 2.08. The smallest absolute Gasteiger partial charge is 0.182 e. The number of benzene rings is 2. The summed E-state index contributed by atoms with van der Waals surface area (Å²) < 4.78 is 0. The van der Waals surface area contributed by atoms with E-state index in [4.69, 9.17) is 0 Å². The lowest BCUT2D eigenvalue weighted by atomic mass is 10.1. The van der Waals surface area contributed by atoms with Gasteiger partial charge in [-0.05, 0) is 42.5 Å². The molecule has 0 spiro atoms. The summed E-state index contributed by atoms with van der Waals surface area (Å²) in [6, 6.07) is 7.40. The SMILES string of the molecule is O=C(C=C(O)c1ccc(O)cc1O)/C=C/c1cc(O)ccc1O. The lowest BCUT2D eigenvalue weighted by Crippen LogP contribution is -1.91. The number of hydrogen-bond donors (Lipinski definition) is 5. The minimum absolute atomic E-state index is 0.00949. The minimum atomic E-state index is -0.599. The number of carbonyl (C=O) groups excluding carboxylic acids is 1. The Labute approximate surface area is 131 Å². The molecule has 6 nitrogen and oxygen atoms in total. The fourth-order valence-corrected chi connectivity index (χ4v) is 1.84. The standard InChI is InChI=1S/C17H14O6/c18-11-4-6-15(21)10(7-11)1-2-12(19)8-16(22)14-5-3-13(20)9-17(14)23/h1-9,18,20-23H/b2-1+,16-8?. The van der Waals surface area contributed by atoms with Gasteiger partial charge in [-0.2, -0.15) is 0 Å². The van der Waals surface area contributed by atoms with Crippen molar-refractivity contribution in [3.63, 3.8) is 0 Å². The van der Waals surface area contributed by atoms with E-state index >= 15 is 0 Å². The van der Waals surface area contributed by atoms with Crippen molar-refractivity contribution in [1.82, 2.24) is 0 Å². The van der Waals surface area contributed by atoms with Crippen LogP contribution in [0.15, 0.2) is 48.6 Å². The van der Waals surface area contributed by atoms with Crippen LogP contribution in [-0.2, 0) is 4.79 Å². The third-order valence-corrected chi connectivity index (χ3v) is 2.97. The molecule has 23 heavy (non-hydrogen) atoms. The Hall–Kier alpha value is -3.41. The Morgan fingerprint density at radius 3 is 2.22 bits per heavy atom. The Kier molecular flexibility index (Phi) is 4.56. The fraction of sp³-hybridized carbons (Fsp3) is 0. The van der Waals surface area contributed by atoms with Gasteiger partial charge in [0.1, 0.15) is 28.8 Å². The van der Waals surface area contributed by atoms with E-state index in [1.54, 1.807) is 0 Å². The molecule has 5 N–H and O–H groups in total. The van der Waals surface area contributed by atoms with Crippen molar-refractivity contribution in [2.24, 2.45) is 0 Å². The zero-order valence-corrected chi connectivity index (χ0v) is 11.8. The van der Waals surface area contributed by atoms with Crippen molar-refractivity contribution in [3.8, 4) is 23.0 Å². The van der Waals surface area contributed by atoms with Gasteiger partial charge in [-0.1, -0.05) is 0 Å². The molecule has 0 atom stereocenters. The van der Waals surface area contributed by atoms with Crippen LogP contribution >= 0.6 is 0 Å². The van der Waals surface area contributed by atoms with E-state index in [0.29, 0.717) is 0 Å². The van der Waals surface area contributed by atoms with Crippen LogP contribution in [-0.4, -0.2) is 31.3 Å². The molecule has 0 heterocycles. The lowest BCUT2D eigenvalue weighted by Gasteiger charge is -2.03. The molecule has 0 aliphatic heterocycles. The first-order chi connectivity index (χ1) is 10.9. The van der Waals surface area contributed by atoms with Crippen LogP contribution < -0.4 is 0 Å². The van der Waals surface area contributed by atoms with Crippen LogP contribution in [0, 0.1) is 0 Å². The first-order valence-corrected chi connectivity index (χ1v) is 6.54. The second-order valence-electron chi connectivity index (χ2n) is 4.71. The molecular weight excluding hydrogens is 300 g/mol.